The zero-order chi connectivity index (χ0) is 42.5. The fourth-order valence-electron chi connectivity index (χ4n) is 9.20. The molecule has 2 bridgehead atoms. The maximum absolute atomic E-state index is 15.1. The zero-order valence-corrected chi connectivity index (χ0v) is 40.4. The second kappa shape index (κ2) is 17.1. The molecule has 5 rings (SSSR count). The summed E-state index contributed by atoms with van der Waals surface area (Å²) in [5.41, 5.74) is 1.35. The molecule has 0 aromatic carbocycles. The lowest BCUT2D eigenvalue weighted by Gasteiger charge is -2.52. The summed E-state index contributed by atoms with van der Waals surface area (Å²) in [4.78, 5) is 15.1. The van der Waals surface area contributed by atoms with Gasteiger partial charge in [-0.2, -0.15) is 8.42 Å². The van der Waals surface area contributed by atoms with E-state index in [4.69, 9.17) is 32.0 Å². The average Bonchev–Trinajstić information content (AvgIpc) is 3.43. The quantitative estimate of drug-likeness (QED) is 0.101. The Hall–Kier alpha value is -1.43. The molecule has 0 unspecified atom stereocenters. The van der Waals surface area contributed by atoms with Crippen molar-refractivity contribution in [1.82, 2.24) is 0 Å². The molecule has 324 valence electrons. The Morgan fingerprint density at radius 1 is 1.02 bits per heavy atom. The van der Waals surface area contributed by atoms with Gasteiger partial charge < -0.3 is 27.8 Å². The van der Waals surface area contributed by atoms with Crippen LogP contribution in [0.25, 0.3) is 0 Å². The lowest BCUT2D eigenvalue weighted by atomic mass is 9.71. The Morgan fingerprint density at radius 3 is 2.32 bits per heavy atom. The smallest absolute Gasteiger partial charge is 0.316 e. The van der Waals surface area contributed by atoms with Gasteiger partial charge in [-0.3, -0.25) is 8.98 Å². The minimum atomic E-state index is -3.79. The van der Waals surface area contributed by atoms with E-state index in [1.807, 2.05) is 51.2 Å². The van der Waals surface area contributed by atoms with Crippen LogP contribution in [0.3, 0.4) is 0 Å². The lowest BCUT2D eigenvalue weighted by Crippen LogP contribution is -2.64. The summed E-state index contributed by atoms with van der Waals surface area (Å²) in [5, 5.41) is -0.0634. The van der Waals surface area contributed by atoms with Crippen LogP contribution in [-0.2, 0) is 46.9 Å². The number of carbonyl (C=O) groups is 1. The molecule has 3 fully saturated rings. The van der Waals surface area contributed by atoms with E-state index in [0.717, 1.165) is 35.8 Å². The highest BCUT2D eigenvalue weighted by atomic mass is 32.2. The molecular weight excluding hydrogens is 777 g/mol. The molecule has 0 aromatic rings. The second-order valence-electron chi connectivity index (χ2n) is 20.4. The van der Waals surface area contributed by atoms with Crippen molar-refractivity contribution in [3.63, 3.8) is 0 Å². The van der Waals surface area contributed by atoms with Gasteiger partial charge in [-0.15, -0.1) is 0 Å². The number of ether oxygens (including phenoxy) is 4. The largest absolute Gasteiger partial charge is 0.462 e. The summed E-state index contributed by atoms with van der Waals surface area (Å²) in [6.07, 6.45) is 12.4. The number of allylic oxidation sites excluding steroid dienone is 2. The average molecular weight is 851 g/mol. The van der Waals surface area contributed by atoms with Crippen molar-refractivity contribution in [3.8, 4) is 0 Å². The van der Waals surface area contributed by atoms with E-state index in [2.05, 4.69) is 74.3 Å². The number of hydrogen-bond acceptors (Lipinski definition) is 10. The maximum atomic E-state index is 15.1. The first-order valence-electron chi connectivity index (χ1n) is 21.4. The van der Waals surface area contributed by atoms with Crippen molar-refractivity contribution in [2.24, 2.45) is 23.7 Å². The summed E-state index contributed by atoms with van der Waals surface area (Å²) >= 11 is 0. The molecule has 57 heavy (non-hydrogen) atoms. The van der Waals surface area contributed by atoms with E-state index in [1.54, 1.807) is 0 Å². The summed E-state index contributed by atoms with van der Waals surface area (Å²) in [6, 6.07) is 0. The standard InChI is InChI=1S/C44H74O10SSi2/c1-16-28(2)37-31(5)22-23-43(51-37)26-35-25-34(50-43)21-20-30(4)38(52-55(10,46)47)29(3)18-17-19-33-27-48-40-39(53-57(14,15)42(7,8)9)32(6)24-36(41(45)49-35)44(33,40)54-56(11,12)13/h17-20,24,28-29,31,34-40H,16,21-23,25-27H2,1-15H3/b18-17+,30-20+,33-19+/t28-,29-,31-,34+,35-,36-,37+,38-,39+,40+,43+,44+/m0/s1. The molecule has 4 aliphatic heterocycles. The molecule has 10 nitrogen and oxygen atoms in total. The Labute approximate surface area is 346 Å². The van der Waals surface area contributed by atoms with Gasteiger partial charge in [-0.1, -0.05) is 85.3 Å². The molecule has 0 amide bonds. The maximum Gasteiger partial charge on any atom is 0.316 e. The van der Waals surface area contributed by atoms with Crippen molar-refractivity contribution >= 4 is 32.7 Å². The van der Waals surface area contributed by atoms with Gasteiger partial charge in [0.05, 0.1) is 31.2 Å². The van der Waals surface area contributed by atoms with Crippen LogP contribution in [0.2, 0.25) is 37.8 Å². The third-order valence-corrected chi connectivity index (χ3v) is 19.3. The number of esters is 1. The highest BCUT2D eigenvalue weighted by molar-refractivity contribution is 7.86. The zero-order valence-electron chi connectivity index (χ0n) is 37.6. The minimum Gasteiger partial charge on any atom is -0.462 e. The van der Waals surface area contributed by atoms with Crippen LogP contribution in [-0.4, -0.2) is 91.9 Å². The summed E-state index contributed by atoms with van der Waals surface area (Å²) in [6.45, 7) is 30.4. The number of hydrogen-bond donors (Lipinski definition) is 0. The van der Waals surface area contributed by atoms with Crippen molar-refractivity contribution in [2.75, 3.05) is 12.9 Å². The van der Waals surface area contributed by atoms with E-state index in [9.17, 15) is 8.42 Å². The van der Waals surface area contributed by atoms with E-state index < -0.39 is 68.5 Å². The van der Waals surface area contributed by atoms with Gasteiger partial charge in [-0.25, -0.2) is 0 Å². The van der Waals surface area contributed by atoms with Crippen LogP contribution >= 0.6 is 0 Å². The monoisotopic (exact) mass is 850 g/mol. The summed E-state index contributed by atoms with van der Waals surface area (Å²) in [5.74, 6) is -1.69. The molecule has 0 radical (unpaired) electrons. The Bertz CT molecular complexity index is 1700. The van der Waals surface area contributed by atoms with Gasteiger partial charge in [0.15, 0.2) is 22.4 Å². The Kier molecular flexibility index (Phi) is 14.0. The first kappa shape index (κ1) is 46.6. The van der Waals surface area contributed by atoms with E-state index in [-0.39, 0.29) is 35.7 Å². The third-order valence-electron chi connectivity index (χ3n) is 13.4. The first-order chi connectivity index (χ1) is 26.2. The van der Waals surface area contributed by atoms with Gasteiger partial charge >= 0.3 is 5.97 Å². The second-order valence-corrected chi connectivity index (χ2v) is 31.2. The van der Waals surface area contributed by atoms with Gasteiger partial charge in [0.1, 0.15) is 29.8 Å². The molecule has 0 N–H and O–H groups in total. The summed E-state index contributed by atoms with van der Waals surface area (Å²) in [7, 11) is -8.53. The molecule has 3 saturated heterocycles. The van der Waals surface area contributed by atoms with Crippen molar-refractivity contribution in [3.05, 3.63) is 47.1 Å². The topological polar surface area (TPSA) is 116 Å². The minimum absolute atomic E-state index is 0.00781. The van der Waals surface area contributed by atoms with Gasteiger partial charge in [0.25, 0.3) is 10.1 Å². The molecule has 0 saturated carbocycles. The highest BCUT2D eigenvalue weighted by Crippen LogP contribution is 2.52. The van der Waals surface area contributed by atoms with Crippen LogP contribution in [0.1, 0.15) is 101 Å². The van der Waals surface area contributed by atoms with Crippen LogP contribution in [0, 0.1) is 23.7 Å². The van der Waals surface area contributed by atoms with E-state index in [1.165, 1.54) is 0 Å². The van der Waals surface area contributed by atoms with Crippen molar-refractivity contribution < 1.29 is 45.2 Å². The van der Waals surface area contributed by atoms with Crippen molar-refractivity contribution in [2.45, 2.75) is 187 Å². The molecule has 13 heteroatoms. The predicted octanol–water partition coefficient (Wildman–Crippen LogP) is 9.40. The number of carbonyl (C=O) groups excluding carboxylic acids is 1. The molecule has 0 aromatic heterocycles. The molecule has 4 heterocycles. The molecular formula is C44H74O10SSi2. The Balaban J connectivity index is 1.69. The molecule has 1 aliphatic carbocycles. The molecule has 12 atom stereocenters. The van der Waals surface area contributed by atoms with Gasteiger partial charge in [0.2, 0.25) is 0 Å². The highest BCUT2D eigenvalue weighted by Gasteiger charge is 2.64. The van der Waals surface area contributed by atoms with Gasteiger partial charge in [-0.05, 0) is 93.0 Å². The van der Waals surface area contributed by atoms with E-state index >= 15 is 4.79 Å². The first-order valence-corrected chi connectivity index (χ1v) is 29.5. The van der Waals surface area contributed by atoms with Crippen molar-refractivity contribution in [1.29, 1.82) is 0 Å². The van der Waals surface area contributed by atoms with Gasteiger partial charge in [0, 0.05) is 25.2 Å². The van der Waals surface area contributed by atoms with Crippen LogP contribution in [0.4, 0.5) is 0 Å². The molecule has 5 aliphatic rings. The van der Waals surface area contributed by atoms with Crippen LogP contribution in [0.5, 0.6) is 0 Å². The predicted molar refractivity (Wildman–Crippen MR) is 230 cm³/mol. The fraction of sp³-hybridized carbons (Fsp3) is 0.795. The van der Waals surface area contributed by atoms with E-state index in [0.29, 0.717) is 37.5 Å². The number of rotatable bonds is 8. The normalized spacial score (nSPS) is 40.2. The van der Waals surface area contributed by atoms with Crippen LogP contribution < -0.4 is 0 Å². The third kappa shape index (κ3) is 10.4. The van der Waals surface area contributed by atoms with Crippen LogP contribution in [0.15, 0.2) is 47.1 Å². The fourth-order valence-corrected chi connectivity index (χ4v) is 12.6. The Morgan fingerprint density at radius 2 is 1.70 bits per heavy atom. The SMILES string of the molecule is CC[C@H](C)[C@H]1O[C@]2(CC[C@@H]1C)C[C@@H]1C[C@@H](C/C=C(\C)[C@@H](OS(C)(=O)=O)[C@@H](C)/C=C/C=C3\CO[C@@H]4[C@H](O[Si](C)(C)C(C)(C)C)C(C)=C[C@@H](C(=O)O1)[C@]34O[Si](C)(C)C)O2. The summed E-state index contributed by atoms with van der Waals surface area (Å²) < 4.78 is 73.1. The lowest BCUT2D eigenvalue weighted by molar-refractivity contribution is -0.340. The number of fused-ring (bicyclic) bond motifs is 2. The molecule has 1 spiro atoms.